The maximum atomic E-state index is 13.7. The van der Waals surface area contributed by atoms with Gasteiger partial charge in [0, 0.05) is 6.04 Å². The summed E-state index contributed by atoms with van der Waals surface area (Å²) in [6, 6.07) is 10.7. The molecule has 2 aromatic carbocycles. The Morgan fingerprint density at radius 1 is 1.14 bits per heavy atom. The van der Waals surface area contributed by atoms with Gasteiger partial charge < -0.3 is 4.74 Å². The Labute approximate surface area is 130 Å². The Kier molecular flexibility index (Phi) is 4.83. The zero-order chi connectivity index (χ0) is 16.3. The average molecular weight is 323 g/mol. The van der Waals surface area contributed by atoms with E-state index in [1.807, 2.05) is 31.2 Å². The number of nitrogens with one attached hydrogen (secondary N) is 1. The Balaban J connectivity index is 2.23. The van der Waals surface area contributed by atoms with Crippen LogP contribution in [0, 0.1) is 12.7 Å². The molecular weight excluding hydrogens is 305 g/mol. The summed E-state index contributed by atoms with van der Waals surface area (Å²) in [6.45, 7) is 3.70. The van der Waals surface area contributed by atoms with Crippen LogP contribution >= 0.6 is 0 Å². The third kappa shape index (κ3) is 3.64. The van der Waals surface area contributed by atoms with Crippen molar-refractivity contribution in [3.63, 3.8) is 0 Å². The molecule has 0 amide bonds. The fourth-order valence-electron chi connectivity index (χ4n) is 2.04. The van der Waals surface area contributed by atoms with Gasteiger partial charge in [0.25, 0.3) is 0 Å². The molecule has 0 aromatic heterocycles. The quantitative estimate of drug-likeness (QED) is 0.919. The van der Waals surface area contributed by atoms with E-state index in [1.165, 1.54) is 19.2 Å². The molecule has 0 spiro atoms. The first-order chi connectivity index (χ1) is 10.3. The molecule has 2 rings (SSSR count). The van der Waals surface area contributed by atoms with E-state index in [4.69, 9.17) is 4.74 Å². The minimum atomic E-state index is -3.81. The molecule has 0 aliphatic heterocycles. The smallest absolute Gasteiger partial charge is 0.241 e. The number of sulfonamides is 1. The van der Waals surface area contributed by atoms with E-state index in [0.717, 1.165) is 17.2 Å². The van der Waals surface area contributed by atoms with Gasteiger partial charge in [-0.15, -0.1) is 0 Å². The highest BCUT2D eigenvalue weighted by Crippen LogP contribution is 2.22. The molecular formula is C16H18FNO3S. The maximum absolute atomic E-state index is 13.7. The van der Waals surface area contributed by atoms with E-state index in [-0.39, 0.29) is 10.6 Å². The minimum absolute atomic E-state index is 0.00512. The monoisotopic (exact) mass is 323 g/mol. The highest BCUT2D eigenvalue weighted by Gasteiger charge is 2.20. The summed E-state index contributed by atoms with van der Waals surface area (Å²) < 4.78 is 45.6. The van der Waals surface area contributed by atoms with Crippen molar-refractivity contribution < 1.29 is 17.5 Å². The van der Waals surface area contributed by atoms with Crippen molar-refractivity contribution in [3.8, 4) is 5.75 Å². The summed E-state index contributed by atoms with van der Waals surface area (Å²) in [7, 11) is -2.49. The lowest BCUT2D eigenvalue weighted by Crippen LogP contribution is -2.27. The van der Waals surface area contributed by atoms with E-state index in [2.05, 4.69) is 4.72 Å². The molecule has 2 aromatic rings. The van der Waals surface area contributed by atoms with E-state index in [1.54, 1.807) is 6.92 Å². The molecule has 22 heavy (non-hydrogen) atoms. The van der Waals surface area contributed by atoms with Crippen molar-refractivity contribution in [3.05, 3.63) is 59.4 Å². The lowest BCUT2D eigenvalue weighted by atomic mass is 10.1. The van der Waals surface area contributed by atoms with Crippen LogP contribution in [0.1, 0.15) is 24.1 Å². The van der Waals surface area contributed by atoms with Crippen LogP contribution in [0.3, 0.4) is 0 Å². The first kappa shape index (κ1) is 16.5. The Morgan fingerprint density at radius 3 is 2.32 bits per heavy atom. The van der Waals surface area contributed by atoms with Gasteiger partial charge in [0.15, 0.2) is 11.6 Å². The molecule has 0 bridgehead atoms. The predicted molar refractivity (Wildman–Crippen MR) is 82.9 cm³/mol. The predicted octanol–water partition coefficient (Wildman–Crippen LogP) is 3.18. The normalized spacial score (nSPS) is 12.9. The zero-order valence-electron chi connectivity index (χ0n) is 12.6. The molecule has 0 aliphatic carbocycles. The number of rotatable bonds is 5. The van der Waals surface area contributed by atoms with E-state index in [0.29, 0.717) is 0 Å². The molecule has 4 nitrogen and oxygen atoms in total. The van der Waals surface area contributed by atoms with Gasteiger partial charge in [-0.1, -0.05) is 29.8 Å². The lowest BCUT2D eigenvalue weighted by molar-refractivity contribution is 0.385. The minimum Gasteiger partial charge on any atom is -0.494 e. The van der Waals surface area contributed by atoms with Crippen LogP contribution < -0.4 is 9.46 Å². The first-order valence-corrected chi connectivity index (χ1v) is 8.24. The summed E-state index contributed by atoms with van der Waals surface area (Å²) in [5.74, 6) is -0.709. The summed E-state index contributed by atoms with van der Waals surface area (Å²) in [5.41, 5.74) is 1.93. The Hall–Kier alpha value is -1.92. The maximum Gasteiger partial charge on any atom is 0.241 e. The summed E-state index contributed by atoms with van der Waals surface area (Å²) in [5, 5.41) is 0. The molecule has 118 valence electrons. The van der Waals surface area contributed by atoms with Crippen molar-refractivity contribution in [2.45, 2.75) is 24.8 Å². The van der Waals surface area contributed by atoms with Crippen LogP contribution in [0.25, 0.3) is 0 Å². The van der Waals surface area contributed by atoms with Crippen LogP contribution in [0.5, 0.6) is 5.75 Å². The average Bonchev–Trinajstić information content (AvgIpc) is 2.47. The third-order valence-electron chi connectivity index (χ3n) is 3.34. The van der Waals surface area contributed by atoms with Crippen LogP contribution in [0.15, 0.2) is 47.4 Å². The second-order valence-corrected chi connectivity index (χ2v) is 6.76. The number of aryl methyl sites for hydroxylation is 1. The Morgan fingerprint density at radius 2 is 1.77 bits per heavy atom. The van der Waals surface area contributed by atoms with Crippen molar-refractivity contribution >= 4 is 10.0 Å². The molecule has 6 heteroatoms. The highest BCUT2D eigenvalue weighted by molar-refractivity contribution is 7.89. The van der Waals surface area contributed by atoms with Gasteiger partial charge in [0.2, 0.25) is 10.0 Å². The largest absolute Gasteiger partial charge is 0.494 e. The molecule has 1 N–H and O–H groups in total. The Bertz CT molecular complexity index is 757. The summed E-state index contributed by atoms with van der Waals surface area (Å²) >= 11 is 0. The van der Waals surface area contributed by atoms with Gasteiger partial charge >= 0.3 is 0 Å². The number of halogens is 1. The number of ether oxygens (including phenoxy) is 1. The number of benzene rings is 2. The van der Waals surface area contributed by atoms with Crippen molar-refractivity contribution in [2.75, 3.05) is 7.11 Å². The fraction of sp³-hybridized carbons (Fsp3) is 0.250. The van der Waals surface area contributed by atoms with Gasteiger partial charge in [-0.25, -0.2) is 17.5 Å². The van der Waals surface area contributed by atoms with E-state index < -0.39 is 21.9 Å². The summed E-state index contributed by atoms with van der Waals surface area (Å²) in [4.78, 5) is -0.134. The highest BCUT2D eigenvalue weighted by atomic mass is 32.2. The molecule has 0 fully saturated rings. The molecule has 0 aliphatic rings. The van der Waals surface area contributed by atoms with Gasteiger partial charge in [0.1, 0.15) is 0 Å². The van der Waals surface area contributed by atoms with Gasteiger partial charge in [-0.2, -0.15) is 0 Å². The van der Waals surface area contributed by atoms with Gasteiger partial charge in [0.05, 0.1) is 12.0 Å². The van der Waals surface area contributed by atoms with Crippen LogP contribution in [0.4, 0.5) is 4.39 Å². The van der Waals surface area contributed by atoms with Crippen molar-refractivity contribution in [1.82, 2.24) is 4.72 Å². The van der Waals surface area contributed by atoms with Crippen LogP contribution in [0.2, 0.25) is 0 Å². The number of hydrogen-bond donors (Lipinski definition) is 1. The molecule has 0 heterocycles. The first-order valence-electron chi connectivity index (χ1n) is 6.76. The standard InChI is InChI=1S/C16H18FNO3S/c1-11-4-6-13(7-5-11)12(2)18-22(19,20)14-8-9-16(21-3)15(17)10-14/h4-10,12,18H,1-3H3/t12-/m0/s1. The number of methoxy groups -OCH3 is 1. The van der Waals surface area contributed by atoms with E-state index >= 15 is 0 Å². The fourth-order valence-corrected chi connectivity index (χ4v) is 3.28. The van der Waals surface area contributed by atoms with Crippen molar-refractivity contribution in [2.24, 2.45) is 0 Å². The molecule has 0 radical (unpaired) electrons. The van der Waals surface area contributed by atoms with Crippen LogP contribution in [-0.4, -0.2) is 15.5 Å². The SMILES string of the molecule is COc1ccc(S(=O)(=O)N[C@@H](C)c2ccc(C)cc2)cc1F. The second-order valence-electron chi connectivity index (χ2n) is 5.05. The van der Waals surface area contributed by atoms with Crippen LogP contribution in [-0.2, 0) is 10.0 Å². The topological polar surface area (TPSA) is 55.4 Å². The van der Waals surface area contributed by atoms with Gasteiger partial charge in [-0.3, -0.25) is 0 Å². The molecule has 0 saturated heterocycles. The second kappa shape index (κ2) is 6.46. The zero-order valence-corrected chi connectivity index (χ0v) is 13.4. The molecule has 1 atom stereocenters. The molecule has 0 saturated carbocycles. The van der Waals surface area contributed by atoms with Crippen molar-refractivity contribution in [1.29, 1.82) is 0 Å². The van der Waals surface area contributed by atoms with E-state index in [9.17, 15) is 12.8 Å². The van der Waals surface area contributed by atoms with Gasteiger partial charge in [-0.05, 0) is 37.6 Å². The third-order valence-corrected chi connectivity index (χ3v) is 4.88. The lowest BCUT2D eigenvalue weighted by Gasteiger charge is -2.15. The molecule has 0 unspecified atom stereocenters. The summed E-state index contributed by atoms with van der Waals surface area (Å²) in [6.07, 6.45) is 0. The number of hydrogen-bond acceptors (Lipinski definition) is 3.